The molecule has 0 radical (unpaired) electrons. The molecule has 0 bridgehead atoms. The first-order chi connectivity index (χ1) is 11.2. The van der Waals surface area contributed by atoms with Crippen LogP contribution in [0, 0.1) is 5.41 Å². The molecule has 1 unspecified atom stereocenters. The van der Waals surface area contributed by atoms with E-state index in [-0.39, 0.29) is 6.03 Å². The van der Waals surface area contributed by atoms with Crippen LogP contribution < -0.4 is 10.6 Å². The minimum absolute atomic E-state index is 0.0766. The van der Waals surface area contributed by atoms with Crippen LogP contribution in [0.3, 0.4) is 0 Å². The van der Waals surface area contributed by atoms with E-state index in [2.05, 4.69) is 28.8 Å². The standard InChI is InChI=1S/C18H25N3O2/c22-17(21-7-1-4-18(13-21)5-6-19-12-18)20-9-14-2-3-15-10-23-11-16(15)8-14/h2-3,8,19H,1,4-7,9-13H2,(H,20,22). The Hall–Kier alpha value is -1.59. The third kappa shape index (κ3) is 3.08. The minimum atomic E-state index is 0.0766. The van der Waals surface area contributed by atoms with Gasteiger partial charge in [0.25, 0.3) is 0 Å². The molecule has 1 aromatic rings. The lowest BCUT2D eigenvalue weighted by Crippen LogP contribution is -2.50. The number of carbonyl (C=O) groups excluding carboxylic acids is 1. The van der Waals surface area contributed by atoms with Gasteiger partial charge in [-0.1, -0.05) is 18.2 Å². The summed E-state index contributed by atoms with van der Waals surface area (Å²) in [5, 5.41) is 6.55. The second-order valence-corrected chi connectivity index (χ2v) is 7.21. The first-order valence-electron chi connectivity index (χ1n) is 8.66. The summed E-state index contributed by atoms with van der Waals surface area (Å²) in [4.78, 5) is 14.5. The van der Waals surface area contributed by atoms with E-state index >= 15 is 0 Å². The Kier molecular flexibility index (Phi) is 3.99. The first-order valence-corrected chi connectivity index (χ1v) is 8.66. The summed E-state index contributed by atoms with van der Waals surface area (Å²) in [5.41, 5.74) is 4.00. The van der Waals surface area contributed by atoms with Gasteiger partial charge in [0.2, 0.25) is 0 Å². The fourth-order valence-electron chi connectivity index (χ4n) is 4.15. The Morgan fingerprint density at radius 3 is 3.09 bits per heavy atom. The molecule has 0 saturated carbocycles. The molecular weight excluding hydrogens is 290 g/mol. The molecule has 0 aromatic heterocycles. The van der Waals surface area contributed by atoms with Crippen molar-refractivity contribution in [3.8, 4) is 0 Å². The van der Waals surface area contributed by atoms with E-state index in [1.807, 2.05) is 4.90 Å². The van der Waals surface area contributed by atoms with Crippen molar-refractivity contribution < 1.29 is 9.53 Å². The minimum Gasteiger partial charge on any atom is -0.372 e. The summed E-state index contributed by atoms with van der Waals surface area (Å²) < 4.78 is 5.44. The number of ether oxygens (including phenoxy) is 1. The van der Waals surface area contributed by atoms with Crippen LogP contribution in [0.2, 0.25) is 0 Å². The number of nitrogens with zero attached hydrogens (tertiary/aromatic N) is 1. The molecule has 2 amide bonds. The molecule has 3 aliphatic rings. The number of carbonyl (C=O) groups is 1. The number of urea groups is 1. The zero-order valence-corrected chi connectivity index (χ0v) is 13.6. The van der Waals surface area contributed by atoms with Gasteiger partial charge in [-0.15, -0.1) is 0 Å². The molecule has 2 saturated heterocycles. The molecule has 5 nitrogen and oxygen atoms in total. The van der Waals surface area contributed by atoms with Crippen LogP contribution in [0.25, 0.3) is 0 Å². The van der Waals surface area contributed by atoms with Gasteiger partial charge in [-0.2, -0.15) is 0 Å². The second kappa shape index (κ2) is 6.13. The molecule has 0 aliphatic carbocycles. The van der Waals surface area contributed by atoms with Gasteiger partial charge in [-0.05, 0) is 42.5 Å². The van der Waals surface area contributed by atoms with Crippen molar-refractivity contribution in [3.63, 3.8) is 0 Å². The Morgan fingerprint density at radius 2 is 2.22 bits per heavy atom. The Labute approximate surface area is 137 Å². The van der Waals surface area contributed by atoms with Gasteiger partial charge in [0.05, 0.1) is 13.2 Å². The highest BCUT2D eigenvalue weighted by molar-refractivity contribution is 5.74. The van der Waals surface area contributed by atoms with Crippen molar-refractivity contribution in [2.45, 2.75) is 39.0 Å². The zero-order chi connectivity index (χ0) is 15.7. The summed E-state index contributed by atoms with van der Waals surface area (Å²) in [5.74, 6) is 0. The number of hydrogen-bond acceptors (Lipinski definition) is 3. The Bertz CT molecular complexity index is 596. The summed E-state index contributed by atoms with van der Waals surface area (Å²) in [7, 11) is 0. The number of rotatable bonds is 2. The highest BCUT2D eigenvalue weighted by Crippen LogP contribution is 2.35. The van der Waals surface area contributed by atoms with Crippen LogP contribution in [0.4, 0.5) is 4.79 Å². The number of fused-ring (bicyclic) bond motifs is 1. The van der Waals surface area contributed by atoms with Crippen LogP contribution in [0.1, 0.15) is 36.0 Å². The molecule has 3 aliphatic heterocycles. The molecule has 3 heterocycles. The molecule has 2 fully saturated rings. The lowest BCUT2D eigenvalue weighted by molar-refractivity contribution is 0.118. The number of piperidine rings is 1. The average molecular weight is 315 g/mol. The average Bonchev–Trinajstić information content (AvgIpc) is 3.21. The van der Waals surface area contributed by atoms with Crippen molar-refractivity contribution in [3.05, 3.63) is 34.9 Å². The van der Waals surface area contributed by atoms with Gasteiger partial charge in [0, 0.05) is 31.6 Å². The summed E-state index contributed by atoms with van der Waals surface area (Å²) in [6, 6.07) is 6.44. The summed E-state index contributed by atoms with van der Waals surface area (Å²) >= 11 is 0. The van der Waals surface area contributed by atoms with Crippen molar-refractivity contribution in [1.82, 2.24) is 15.5 Å². The van der Waals surface area contributed by atoms with E-state index < -0.39 is 0 Å². The molecule has 2 N–H and O–H groups in total. The van der Waals surface area contributed by atoms with E-state index in [0.717, 1.165) is 38.2 Å². The highest BCUT2D eigenvalue weighted by atomic mass is 16.5. The predicted octanol–water partition coefficient (Wildman–Crippen LogP) is 2.00. The smallest absolute Gasteiger partial charge is 0.317 e. The lowest BCUT2D eigenvalue weighted by atomic mass is 9.79. The van der Waals surface area contributed by atoms with Gasteiger partial charge >= 0.3 is 6.03 Å². The fraction of sp³-hybridized carbons (Fsp3) is 0.611. The normalized spacial score (nSPS) is 26.5. The summed E-state index contributed by atoms with van der Waals surface area (Å²) in [6.45, 7) is 5.92. The van der Waals surface area contributed by atoms with Crippen LogP contribution in [0.15, 0.2) is 18.2 Å². The third-order valence-electron chi connectivity index (χ3n) is 5.51. The van der Waals surface area contributed by atoms with Crippen LogP contribution in [-0.4, -0.2) is 37.1 Å². The molecule has 5 heteroatoms. The molecule has 1 atom stereocenters. The number of amides is 2. The highest BCUT2D eigenvalue weighted by Gasteiger charge is 2.39. The van der Waals surface area contributed by atoms with Gasteiger partial charge in [-0.3, -0.25) is 0 Å². The monoisotopic (exact) mass is 315 g/mol. The Balaban J connectivity index is 1.34. The van der Waals surface area contributed by atoms with Crippen LogP contribution >= 0.6 is 0 Å². The number of hydrogen-bond donors (Lipinski definition) is 2. The van der Waals surface area contributed by atoms with Crippen LogP contribution in [0.5, 0.6) is 0 Å². The topological polar surface area (TPSA) is 53.6 Å². The second-order valence-electron chi connectivity index (χ2n) is 7.21. The Morgan fingerprint density at radius 1 is 1.30 bits per heavy atom. The number of likely N-dealkylation sites (tertiary alicyclic amines) is 1. The number of benzene rings is 1. The van der Waals surface area contributed by atoms with E-state index in [1.54, 1.807) is 0 Å². The fourth-order valence-corrected chi connectivity index (χ4v) is 4.15. The van der Waals surface area contributed by atoms with Gasteiger partial charge in [0.1, 0.15) is 0 Å². The molecule has 1 aromatic carbocycles. The van der Waals surface area contributed by atoms with Crippen molar-refractivity contribution in [2.24, 2.45) is 5.41 Å². The lowest BCUT2D eigenvalue weighted by Gasteiger charge is -2.39. The molecule has 4 rings (SSSR count). The number of nitrogens with one attached hydrogen (secondary N) is 2. The quantitative estimate of drug-likeness (QED) is 0.878. The SMILES string of the molecule is O=C(NCc1ccc2c(c1)COC2)N1CCCC2(CCNC2)C1. The van der Waals surface area contributed by atoms with Gasteiger partial charge < -0.3 is 20.3 Å². The van der Waals surface area contributed by atoms with Gasteiger partial charge in [0.15, 0.2) is 0 Å². The zero-order valence-electron chi connectivity index (χ0n) is 13.6. The molecule has 23 heavy (non-hydrogen) atoms. The molecular formula is C18H25N3O2. The maximum atomic E-state index is 12.5. The van der Waals surface area contributed by atoms with E-state index in [4.69, 9.17) is 4.74 Å². The van der Waals surface area contributed by atoms with E-state index in [0.29, 0.717) is 25.2 Å². The van der Waals surface area contributed by atoms with Crippen molar-refractivity contribution in [2.75, 3.05) is 26.2 Å². The third-order valence-corrected chi connectivity index (χ3v) is 5.51. The predicted molar refractivity (Wildman–Crippen MR) is 87.9 cm³/mol. The van der Waals surface area contributed by atoms with E-state index in [9.17, 15) is 4.79 Å². The van der Waals surface area contributed by atoms with Crippen LogP contribution in [-0.2, 0) is 24.5 Å². The largest absolute Gasteiger partial charge is 0.372 e. The maximum Gasteiger partial charge on any atom is 0.317 e. The van der Waals surface area contributed by atoms with Gasteiger partial charge in [-0.25, -0.2) is 4.79 Å². The van der Waals surface area contributed by atoms with E-state index in [1.165, 1.54) is 24.0 Å². The molecule has 1 spiro atoms. The van der Waals surface area contributed by atoms with Crippen molar-refractivity contribution >= 4 is 6.03 Å². The maximum absolute atomic E-state index is 12.5. The first kappa shape index (κ1) is 15.0. The van der Waals surface area contributed by atoms with Crippen molar-refractivity contribution in [1.29, 1.82) is 0 Å². The molecule has 124 valence electrons. The summed E-state index contributed by atoms with van der Waals surface area (Å²) in [6.07, 6.45) is 3.56.